The number of aromatic nitrogens is 4. The van der Waals surface area contributed by atoms with Crippen LogP contribution in [0.5, 0.6) is 0 Å². The highest BCUT2D eigenvalue weighted by Gasteiger charge is 2.29. The molecule has 0 saturated carbocycles. The van der Waals surface area contributed by atoms with Gasteiger partial charge in [-0.05, 0) is 70.9 Å². The maximum Gasteiger partial charge on any atom is 0.407 e. The summed E-state index contributed by atoms with van der Waals surface area (Å²) in [5.74, 6) is 0.750. The molecule has 1 fully saturated rings. The van der Waals surface area contributed by atoms with Crippen LogP contribution in [0.2, 0.25) is 0 Å². The van der Waals surface area contributed by atoms with Crippen molar-refractivity contribution in [2.75, 3.05) is 13.1 Å². The van der Waals surface area contributed by atoms with Crippen LogP contribution < -0.4 is 5.32 Å². The second-order valence-corrected chi connectivity index (χ2v) is 12.2. The largest absolute Gasteiger partial charge is 0.444 e. The van der Waals surface area contributed by atoms with Crippen LogP contribution in [0.1, 0.15) is 50.9 Å². The number of benzene rings is 2. The summed E-state index contributed by atoms with van der Waals surface area (Å²) >= 11 is 0. The number of aryl methyl sites for hydroxylation is 2. The van der Waals surface area contributed by atoms with Gasteiger partial charge in [-0.1, -0.05) is 24.3 Å². The lowest BCUT2D eigenvalue weighted by Crippen LogP contribution is -2.50. The second-order valence-electron chi connectivity index (χ2n) is 12.2. The summed E-state index contributed by atoms with van der Waals surface area (Å²) in [6.45, 7) is 9.50. The highest BCUT2D eigenvalue weighted by Crippen LogP contribution is 2.35. The lowest BCUT2D eigenvalue weighted by molar-refractivity contribution is 0.0452. The van der Waals surface area contributed by atoms with E-state index in [0.29, 0.717) is 18.7 Å². The molecule has 0 unspecified atom stereocenters. The number of amides is 2. The predicted molar refractivity (Wildman–Crippen MR) is 169 cm³/mol. The predicted octanol–water partition coefficient (Wildman–Crippen LogP) is 6.41. The molecule has 1 N–H and O–H groups in total. The minimum atomic E-state index is -0.584. The zero-order valence-electron chi connectivity index (χ0n) is 25.4. The first kappa shape index (κ1) is 28.5. The zero-order chi connectivity index (χ0) is 30.3. The van der Waals surface area contributed by atoms with Gasteiger partial charge in [0.05, 0.1) is 16.7 Å². The molecule has 4 heterocycles. The summed E-state index contributed by atoms with van der Waals surface area (Å²) in [6, 6.07) is 18.1. The van der Waals surface area contributed by atoms with E-state index < -0.39 is 11.7 Å². The summed E-state index contributed by atoms with van der Waals surface area (Å²) < 4.78 is 9.84. The number of carbonyl (C=O) groups excluding carboxylic acids is 2. The van der Waals surface area contributed by atoms with Crippen molar-refractivity contribution >= 4 is 33.9 Å². The van der Waals surface area contributed by atoms with Gasteiger partial charge in [-0.3, -0.25) is 9.78 Å². The van der Waals surface area contributed by atoms with Gasteiger partial charge in [-0.15, -0.1) is 0 Å². The molecule has 1 aliphatic rings. The SMILES string of the molecule is CCn1c(-c2nc3cc(C(=O)N4CCC[C@@H](NC(=O)OC(C)(C)C)C4)cc(-c4cccnc4)c3n2C)cc2ccccc21. The van der Waals surface area contributed by atoms with Crippen LogP contribution in [-0.4, -0.2) is 60.7 Å². The summed E-state index contributed by atoms with van der Waals surface area (Å²) in [5.41, 5.74) is 5.66. The van der Waals surface area contributed by atoms with Crippen LogP contribution in [0.3, 0.4) is 0 Å². The highest BCUT2D eigenvalue weighted by molar-refractivity contribution is 6.03. The quantitative estimate of drug-likeness (QED) is 0.260. The fourth-order valence-corrected chi connectivity index (χ4v) is 6.12. The van der Waals surface area contributed by atoms with Gasteiger partial charge in [0, 0.05) is 72.7 Å². The van der Waals surface area contributed by atoms with E-state index in [0.717, 1.165) is 64.0 Å². The number of rotatable bonds is 5. The molecule has 2 aromatic carbocycles. The number of likely N-dealkylation sites (tertiary alicyclic amines) is 1. The smallest absolute Gasteiger partial charge is 0.407 e. The molecule has 0 radical (unpaired) electrons. The van der Waals surface area contributed by atoms with Crippen LogP contribution >= 0.6 is 0 Å². The monoisotopic (exact) mass is 578 g/mol. The van der Waals surface area contributed by atoms with Gasteiger partial charge in [0.15, 0.2) is 5.82 Å². The number of nitrogens with zero attached hydrogens (tertiary/aromatic N) is 5. The van der Waals surface area contributed by atoms with Gasteiger partial charge >= 0.3 is 6.09 Å². The van der Waals surface area contributed by atoms with Crippen molar-refractivity contribution in [2.24, 2.45) is 7.05 Å². The van der Waals surface area contributed by atoms with Crippen LogP contribution in [0.25, 0.3) is 44.6 Å². The van der Waals surface area contributed by atoms with E-state index in [1.54, 1.807) is 6.20 Å². The molecule has 1 aliphatic heterocycles. The molecule has 2 amide bonds. The Hall–Kier alpha value is -4.66. The zero-order valence-corrected chi connectivity index (χ0v) is 25.4. The second kappa shape index (κ2) is 11.2. The van der Waals surface area contributed by atoms with Crippen molar-refractivity contribution < 1.29 is 14.3 Å². The van der Waals surface area contributed by atoms with Crippen LogP contribution in [-0.2, 0) is 18.3 Å². The van der Waals surface area contributed by atoms with Gasteiger partial charge in [0.2, 0.25) is 0 Å². The van der Waals surface area contributed by atoms with E-state index in [2.05, 4.69) is 50.6 Å². The Morgan fingerprint density at radius 1 is 1.09 bits per heavy atom. The average Bonchev–Trinajstić information content (AvgIpc) is 3.52. The molecule has 43 heavy (non-hydrogen) atoms. The number of carbonyl (C=O) groups is 2. The fourth-order valence-electron chi connectivity index (χ4n) is 6.12. The molecular weight excluding hydrogens is 540 g/mol. The molecule has 9 heteroatoms. The van der Waals surface area contributed by atoms with Gasteiger partial charge in [-0.25, -0.2) is 9.78 Å². The summed E-state index contributed by atoms with van der Waals surface area (Å²) in [5, 5.41) is 4.11. The van der Waals surface area contributed by atoms with E-state index in [-0.39, 0.29) is 11.9 Å². The van der Waals surface area contributed by atoms with Crippen molar-refractivity contribution in [3.8, 4) is 22.6 Å². The Labute approximate surface area is 251 Å². The minimum Gasteiger partial charge on any atom is -0.444 e. The van der Waals surface area contributed by atoms with Crippen LogP contribution in [0.15, 0.2) is 67.0 Å². The maximum absolute atomic E-state index is 14.0. The third kappa shape index (κ3) is 5.59. The maximum atomic E-state index is 14.0. The first-order valence-corrected chi connectivity index (χ1v) is 14.9. The molecule has 5 aromatic rings. The van der Waals surface area contributed by atoms with E-state index in [1.165, 1.54) is 0 Å². The van der Waals surface area contributed by atoms with Crippen molar-refractivity contribution in [3.05, 3.63) is 72.6 Å². The van der Waals surface area contributed by atoms with E-state index >= 15 is 0 Å². The summed E-state index contributed by atoms with van der Waals surface area (Å²) in [7, 11) is 2.03. The molecular formula is C34H38N6O3. The number of para-hydroxylation sites is 1. The van der Waals surface area contributed by atoms with Gasteiger partial charge in [-0.2, -0.15) is 0 Å². The van der Waals surface area contributed by atoms with Gasteiger partial charge in [0.1, 0.15) is 5.60 Å². The number of alkyl carbamates (subject to hydrolysis) is 1. The summed E-state index contributed by atoms with van der Waals surface area (Å²) in [6.07, 6.45) is 4.69. The first-order chi connectivity index (χ1) is 20.6. The van der Waals surface area contributed by atoms with E-state index in [4.69, 9.17) is 9.72 Å². The average molecular weight is 579 g/mol. The molecule has 0 bridgehead atoms. The Kier molecular flexibility index (Phi) is 7.42. The van der Waals surface area contributed by atoms with Crippen LogP contribution in [0.4, 0.5) is 4.79 Å². The Morgan fingerprint density at radius 3 is 2.65 bits per heavy atom. The Morgan fingerprint density at radius 2 is 1.91 bits per heavy atom. The van der Waals surface area contributed by atoms with Crippen molar-refractivity contribution in [3.63, 3.8) is 0 Å². The molecule has 1 atom stereocenters. The molecule has 6 rings (SSSR count). The number of hydrogen-bond acceptors (Lipinski definition) is 5. The third-order valence-corrected chi connectivity index (χ3v) is 7.97. The van der Waals surface area contributed by atoms with Gasteiger partial charge in [0.25, 0.3) is 5.91 Å². The lowest BCUT2D eigenvalue weighted by atomic mass is 10.00. The summed E-state index contributed by atoms with van der Waals surface area (Å²) in [4.78, 5) is 37.7. The highest BCUT2D eigenvalue weighted by atomic mass is 16.6. The number of imidazole rings is 1. The fraction of sp³-hybridized carbons (Fsp3) is 0.353. The standard InChI is InChI=1S/C34H38N6O3/c1-6-40-28-14-8-7-11-22(28)19-29(40)31-37-27-18-24(17-26(30(27)38(31)5)23-12-9-15-35-20-23)32(41)39-16-10-13-25(21-39)36-33(42)43-34(2,3)4/h7-9,11-12,14-15,17-20,25H,6,10,13,16,21H2,1-5H3,(H,36,42)/t25-/m1/s1. The number of pyridine rings is 1. The van der Waals surface area contributed by atoms with Crippen molar-refractivity contribution in [1.82, 2.24) is 29.3 Å². The number of ether oxygens (including phenoxy) is 1. The molecule has 0 aliphatic carbocycles. The molecule has 9 nitrogen and oxygen atoms in total. The van der Waals surface area contributed by atoms with Crippen molar-refractivity contribution in [1.29, 1.82) is 0 Å². The first-order valence-electron chi connectivity index (χ1n) is 14.9. The van der Waals surface area contributed by atoms with E-state index in [1.807, 2.05) is 69.2 Å². The molecule has 0 spiro atoms. The van der Waals surface area contributed by atoms with Crippen molar-refractivity contribution in [2.45, 2.75) is 58.7 Å². The lowest BCUT2D eigenvalue weighted by Gasteiger charge is -2.33. The van der Waals surface area contributed by atoms with Gasteiger partial charge < -0.3 is 24.1 Å². The molecule has 1 saturated heterocycles. The Bertz CT molecular complexity index is 1820. The Balaban J connectivity index is 1.40. The number of piperidine rings is 1. The van der Waals surface area contributed by atoms with E-state index in [9.17, 15) is 9.59 Å². The number of nitrogens with one attached hydrogen (secondary N) is 1. The topological polar surface area (TPSA) is 94.3 Å². The number of fused-ring (bicyclic) bond motifs is 2. The molecule has 222 valence electrons. The molecule has 3 aromatic heterocycles. The number of hydrogen-bond donors (Lipinski definition) is 1. The van der Waals surface area contributed by atoms with Crippen LogP contribution in [0, 0.1) is 0 Å². The third-order valence-electron chi connectivity index (χ3n) is 7.97. The normalized spacial score (nSPS) is 15.7. The minimum absolute atomic E-state index is 0.0856.